The van der Waals surface area contributed by atoms with Crippen molar-refractivity contribution in [3.63, 3.8) is 0 Å². The van der Waals surface area contributed by atoms with E-state index in [-0.39, 0.29) is 12.6 Å². The number of carbonyl (C=O) groups is 1. The monoisotopic (exact) mass is 191 g/mol. The standard InChI is InChI=1S/C11H11O3/c1-9(13)14-11-6-4-10(5-7-11)3-2-8-12/h2-7H,8H2,1H3. The van der Waals surface area contributed by atoms with Crippen LogP contribution < -0.4 is 4.74 Å². The van der Waals surface area contributed by atoms with E-state index < -0.39 is 0 Å². The van der Waals surface area contributed by atoms with E-state index in [4.69, 9.17) is 4.74 Å². The summed E-state index contributed by atoms with van der Waals surface area (Å²) in [5, 5.41) is 10.2. The first-order valence-electron chi connectivity index (χ1n) is 4.25. The van der Waals surface area contributed by atoms with Gasteiger partial charge in [-0.2, -0.15) is 0 Å². The van der Waals surface area contributed by atoms with E-state index in [9.17, 15) is 9.90 Å². The Morgan fingerprint density at radius 1 is 1.36 bits per heavy atom. The molecule has 0 saturated heterocycles. The van der Waals surface area contributed by atoms with Crippen LogP contribution >= 0.6 is 0 Å². The highest BCUT2D eigenvalue weighted by molar-refractivity contribution is 5.69. The van der Waals surface area contributed by atoms with Crippen molar-refractivity contribution in [2.45, 2.75) is 6.92 Å². The van der Waals surface area contributed by atoms with Crippen molar-refractivity contribution < 1.29 is 14.6 Å². The third kappa shape index (κ3) is 3.41. The summed E-state index contributed by atoms with van der Waals surface area (Å²) >= 11 is 0. The van der Waals surface area contributed by atoms with Gasteiger partial charge in [0.05, 0.1) is 0 Å². The molecule has 1 aromatic carbocycles. The van der Waals surface area contributed by atoms with E-state index >= 15 is 0 Å². The molecular weight excluding hydrogens is 180 g/mol. The third-order valence-electron chi connectivity index (χ3n) is 1.55. The Hall–Kier alpha value is -1.61. The third-order valence-corrected chi connectivity index (χ3v) is 1.55. The van der Waals surface area contributed by atoms with E-state index in [2.05, 4.69) is 0 Å². The lowest BCUT2D eigenvalue weighted by Crippen LogP contribution is -2.00. The average molecular weight is 191 g/mol. The maximum Gasteiger partial charge on any atom is 0.308 e. The Kier molecular flexibility index (Phi) is 3.88. The summed E-state index contributed by atoms with van der Waals surface area (Å²) < 4.78 is 4.85. The molecule has 0 fully saturated rings. The number of hydrogen-bond acceptors (Lipinski definition) is 2. The number of esters is 1. The molecule has 0 aliphatic heterocycles. The van der Waals surface area contributed by atoms with Crippen molar-refractivity contribution in [2.24, 2.45) is 0 Å². The normalized spacial score (nSPS) is 10.4. The molecule has 0 heterocycles. The Balaban J connectivity index is 2.68. The van der Waals surface area contributed by atoms with Crippen LogP contribution in [-0.2, 0) is 9.90 Å². The van der Waals surface area contributed by atoms with Crippen LogP contribution in [0, 0.1) is 0 Å². The maximum absolute atomic E-state index is 10.6. The molecule has 0 N–H and O–H groups in total. The van der Waals surface area contributed by atoms with Gasteiger partial charge in [0.1, 0.15) is 12.4 Å². The van der Waals surface area contributed by atoms with E-state index in [0.717, 1.165) is 5.56 Å². The fourth-order valence-corrected chi connectivity index (χ4v) is 0.997. The Morgan fingerprint density at radius 3 is 2.50 bits per heavy atom. The van der Waals surface area contributed by atoms with Crippen molar-refractivity contribution in [2.75, 3.05) is 6.61 Å². The molecule has 0 bridgehead atoms. The molecule has 1 rings (SSSR count). The van der Waals surface area contributed by atoms with Gasteiger partial charge in [0.25, 0.3) is 0 Å². The SMILES string of the molecule is CC(=O)Oc1ccc(C=CC[O])cc1. The highest BCUT2D eigenvalue weighted by atomic mass is 16.5. The van der Waals surface area contributed by atoms with Gasteiger partial charge in [0.15, 0.2) is 0 Å². The van der Waals surface area contributed by atoms with Gasteiger partial charge in [-0.25, -0.2) is 5.11 Å². The largest absolute Gasteiger partial charge is 0.427 e. The van der Waals surface area contributed by atoms with Gasteiger partial charge in [-0.3, -0.25) is 4.79 Å². The zero-order valence-electron chi connectivity index (χ0n) is 7.90. The molecule has 0 saturated carbocycles. The zero-order chi connectivity index (χ0) is 10.4. The molecule has 0 spiro atoms. The van der Waals surface area contributed by atoms with Gasteiger partial charge < -0.3 is 4.74 Å². The number of benzene rings is 1. The first-order valence-corrected chi connectivity index (χ1v) is 4.25. The van der Waals surface area contributed by atoms with E-state index in [1.54, 1.807) is 30.3 Å². The van der Waals surface area contributed by atoms with Crippen molar-refractivity contribution in [1.29, 1.82) is 0 Å². The molecule has 1 radical (unpaired) electrons. The maximum atomic E-state index is 10.6. The molecule has 0 aliphatic carbocycles. The molecule has 3 heteroatoms. The highest BCUT2D eigenvalue weighted by Gasteiger charge is 1.96. The van der Waals surface area contributed by atoms with Crippen molar-refractivity contribution in [1.82, 2.24) is 0 Å². The number of rotatable bonds is 3. The first kappa shape index (κ1) is 10.5. The summed E-state index contributed by atoms with van der Waals surface area (Å²) in [6, 6.07) is 6.94. The highest BCUT2D eigenvalue weighted by Crippen LogP contribution is 2.13. The molecule has 14 heavy (non-hydrogen) atoms. The quantitative estimate of drug-likeness (QED) is 0.542. The van der Waals surface area contributed by atoms with Crippen LogP contribution in [0.1, 0.15) is 12.5 Å². The van der Waals surface area contributed by atoms with Crippen molar-refractivity contribution in [3.05, 3.63) is 35.9 Å². The lowest BCUT2D eigenvalue weighted by atomic mass is 10.2. The van der Waals surface area contributed by atoms with Gasteiger partial charge in [0, 0.05) is 6.92 Å². The molecule has 0 unspecified atom stereocenters. The fourth-order valence-electron chi connectivity index (χ4n) is 0.997. The minimum absolute atomic E-state index is 0.230. The minimum Gasteiger partial charge on any atom is -0.427 e. The summed E-state index contributed by atoms with van der Waals surface area (Å²) in [7, 11) is 0. The van der Waals surface area contributed by atoms with Crippen LogP contribution in [0.3, 0.4) is 0 Å². The summed E-state index contributed by atoms with van der Waals surface area (Å²) in [4.78, 5) is 10.6. The second kappa shape index (κ2) is 5.19. The van der Waals surface area contributed by atoms with Crippen LogP contribution in [0.25, 0.3) is 6.08 Å². The average Bonchev–Trinajstić information content (AvgIpc) is 2.16. The zero-order valence-corrected chi connectivity index (χ0v) is 7.90. The first-order chi connectivity index (χ1) is 6.72. The Labute approximate surface area is 82.6 Å². The van der Waals surface area contributed by atoms with Gasteiger partial charge in [-0.05, 0) is 17.7 Å². The molecule has 0 aromatic heterocycles. The van der Waals surface area contributed by atoms with Crippen LogP contribution in [-0.4, -0.2) is 12.6 Å². The van der Waals surface area contributed by atoms with Crippen LogP contribution in [0.5, 0.6) is 5.75 Å². The van der Waals surface area contributed by atoms with Crippen LogP contribution in [0.4, 0.5) is 0 Å². The second-order valence-corrected chi connectivity index (χ2v) is 2.73. The number of carbonyl (C=O) groups excluding carboxylic acids is 1. The second-order valence-electron chi connectivity index (χ2n) is 2.73. The molecule has 0 aliphatic rings. The van der Waals surface area contributed by atoms with Crippen LogP contribution in [0.15, 0.2) is 30.3 Å². The Morgan fingerprint density at radius 2 is 2.00 bits per heavy atom. The lowest BCUT2D eigenvalue weighted by molar-refractivity contribution is -0.131. The summed E-state index contributed by atoms with van der Waals surface area (Å²) in [6.07, 6.45) is 3.26. The molecule has 3 nitrogen and oxygen atoms in total. The topological polar surface area (TPSA) is 46.2 Å². The fraction of sp³-hybridized carbons (Fsp3) is 0.182. The molecule has 0 amide bonds. The number of ether oxygens (including phenoxy) is 1. The van der Waals surface area contributed by atoms with E-state index in [0.29, 0.717) is 5.75 Å². The van der Waals surface area contributed by atoms with E-state index in [1.807, 2.05) is 0 Å². The molecule has 73 valence electrons. The summed E-state index contributed by atoms with van der Waals surface area (Å²) in [5.41, 5.74) is 0.914. The lowest BCUT2D eigenvalue weighted by Gasteiger charge is -2.00. The molecule has 1 aromatic rings. The summed E-state index contributed by atoms with van der Waals surface area (Å²) in [5.74, 6) is 0.171. The smallest absolute Gasteiger partial charge is 0.308 e. The van der Waals surface area contributed by atoms with Gasteiger partial charge in [0.2, 0.25) is 0 Å². The van der Waals surface area contributed by atoms with Crippen molar-refractivity contribution >= 4 is 12.0 Å². The molecule has 0 atom stereocenters. The predicted octanol–water partition coefficient (Wildman–Crippen LogP) is 2.06. The van der Waals surface area contributed by atoms with E-state index in [1.165, 1.54) is 13.0 Å². The summed E-state index contributed by atoms with van der Waals surface area (Å²) in [6.45, 7) is 1.12. The van der Waals surface area contributed by atoms with Crippen molar-refractivity contribution in [3.8, 4) is 5.75 Å². The minimum atomic E-state index is -0.340. The Bertz CT molecular complexity index is 325. The van der Waals surface area contributed by atoms with Crippen LogP contribution in [0.2, 0.25) is 0 Å². The predicted molar refractivity (Wildman–Crippen MR) is 52.3 cm³/mol. The molecular formula is C11H11O3. The van der Waals surface area contributed by atoms with Gasteiger partial charge in [-0.1, -0.05) is 24.3 Å². The number of hydrogen-bond donors (Lipinski definition) is 0. The van der Waals surface area contributed by atoms with Gasteiger partial charge in [-0.15, -0.1) is 0 Å². The van der Waals surface area contributed by atoms with Gasteiger partial charge >= 0.3 is 5.97 Å².